The minimum absolute atomic E-state index is 0.234. The molecule has 1 N–H and O–H groups in total. The summed E-state index contributed by atoms with van der Waals surface area (Å²) in [4.78, 5) is 10.9. The molecule has 1 aromatic heterocycles. The van der Waals surface area contributed by atoms with Gasteiger partial charge in [-0.25, -0.2) is 4.79 Å². The van der Waals surface area contributed by atoms with E-state index in [1.807, 2.05) is 24.3 Å². The third-order valence-electron chi connectivity index (χ3n) is 2.80. The minimum atomic E-state index is -0.954. The van der Waals surface area contributed by atoms with Gasteiger partial charge in [0.25, 0.3) is 0 Å². The van der Waals surface area contributed by atoms with E-state index in [1.165, 1.54) is 6.20 Å². The molecule has 0 unspecified atom stereocenters. The molecule has 0 fully saturated rings. The van der Waals surface area contributed by atoms with E-state index in [-0.39, 0.29) is 5.56 Å². The Balaban J connectivity index is 2.26. The summed E-state index contributed by atoms with van der Waals surface area (Å²) < 4.78 is 6.81. The van der Waals surface area contributed by atoms with Gasteiger partial charge >= 0.3 is 5.97 Å². The van der Waals surface area contributed by atoms with Crippen LogP contribution in [0.1, 0.15) is 21.6 Å². The maximum atomic E-state index is 10.9. The number of carboxylic acid groups (broad SMARTS) is 1. The third kappa shape index (κ3) is 2.34. The molecule has 5 heteroatoms. The van der Waals surface area contributed by atoms with Crippen LogP contribution in [0.3, 0.4) is 0 Å². The summed E-state index contributed by atoms with van der Waals surface area (Å²) in [6.07, 6.45) is 1.37. The van der Waals surface area contributed by atoms with Crippen LogP contribution in [0, 0.1) is 6.92 Å². The number of methoxy groups -OCH3 is 1. The van der Waals surface area contributed by atoms with Crippen molar-refractivity contribution in [1.82, 2.24) is 9.78 Å². The van der Waals surface area contributed by atoms with Crippen molar-refractivity contribution in [2.75, 3.05) is 7.11 Å². The van der Waals surface area contributed by atoms with Crippen molar-refractivity contribution in [2.24, 2.45) is 0 Å². The van der Waals surface area contributed by atoms with Gasteiger partial charge in [0.2, 0.25) is 0 Å². The first-order chi connectivity index (χ1) is 8.61. The van der Waals surface area contributed by atoms with Gasteiger partial charge in [-0.15, -0.1) is 0 Å². The van der Waals surface area contributed by atoms with Crippen LogP contribution in [0.5, 0.6) is 5.75 Å². The van der Waals surface area contributed by atoms with Crippen LogP contribution in [0.4, 0.5) is 0 Å². The fourth-order valence-corrected chi connectivity index (χ4v) is 1.76. The predicted octanol–water partition coefficient (Wildman–Crippen LogP) is 1.95. The molecule has 2 rings (SSSR count). The minimum Gasteiger partial charge on any atom is -0.497 e. The van der Waals surface area contributed by atoms with Gasteiger partial charge in [0, 0.05) is 0 Å². The summed E-state index contributed by atoms with van der Waals surface area (Å²) in [5.41, 5.74) is 1.89. The Kier molecular flexibility index (Phi) is 3.32. The number of rotatable bonds is 4. The molecule has 0 saturated carbocycles. The van der Waals surface area contributed by atoms with Gasteiger partial charge in [0.15, 0.2) is 0 Å². The lowest BCUT2D eigenvalue weighted by molar-refractivity contribution is 0.0696. The van der Waals surface area contributed by atoms with E-state index in [9.17, 15) is 4.79 Å². The highest BCUT2D eigenvalue weighted by Gasteiger charge is 2.12. The van der Waals surface area contributed by atoms with Gasteiger partial charge in [-0.3, -0.25) is 4.68 Å². The van der Waals surface area contributed by atoms with E-state index in [1.54, 1.807) is 18.7 Å². The maximum Gasteiger partial charge on any atom is 0.339 e. The number of ether oxygens (including phenoxy) is 1. The second kappa shape index (κ2) is 4.91. The van der Waals surface area contributed by atoms with Crippen LogP contribution in [0.15, 0.2) is 30.5 Å². The number of hydrogen-bond donors (Lipinski definition) is 1. The molecule has 0 aliphatic carbocycles. The number of aromatic nitrogens is 2. The molecule has 2 aromatic rings. The van der Waals surface area contributed by atoms with Crippen molar-refractivity contribution in [2.45, 2.75) is 13.5 Å². The Labute approximate surface area is 105 Å². The molecule has 0 radical (unpaired) electrons. The monoisotopic (exact) mass is 246 g/mol. The lowest BCUT2D eigenvalue weighted by Crippen LogP contribution is -2.06. The molecule has 18 heavy (non-hydrogen) atoms. The maximum absolute atomic E-state index is 10.9. The standard InChI is InChI=1S/C13H14N2O3/c1-9-12(13(16)17)7-14-15(9)8-10-4-3-5-11(6-10)18-2/h3-7H,8H2,1-2H3,(H,16,17). The topological polar surface area (TPSA) is 64.4 Å². The molecule has 1 heterocycles. The number of carbonyl (C=O) groups is 1. The summed E-state index contributed by atoms with van der Waals surface area (Å²) in [6, 6.07) is 7.61. The molecule has 0 bridgehead atoms. The van der Waals surface area contributed by atoms with E-state index in [2.05, 4.69) is 5.10 Å². The van der Waals surface area contributed by atoms with Crippen molar-refractivity contribution in [3.05, 3.63) is 47.3 Å². The van der Waals surface area contributed by atoms with E-state index in [0.29, 0.717) is 12.2 Å². The van der Waals surface area contributed by atoms with E-state index in [0.717, 1.165) is 11.3 Å². The summed E-state index contributed by atoms with van der Waals surface area (Å²) >= 11 is 0. The zero-order chi connectivity index (χ0) is 13.1. The number of aromatic carboxylic acids is 1. The highest BCUT2D eigenvalue weighted by molar-refractivity contribution is 5.88. The molecule has 1 aromatic carbocycles. The van der Waals surface area contributed by atoms with Crippen molar-refractivity contribution in [3.63, 3.8) is 0 Å². The number of carboxylic acids is 1. The normalized spacial score (nSPS) is 10.3. The van der Waals surface area contributed by atoms with Gasteiger partial charge in [0.05, 0.1) is 25.5 Å². The number of benzene rings is 1. The SMILES string of the molecule is COc1cccc(Cn2ncc(C(=O)O)c2C)c1. The molecule has 0 atom stereocenters. The zero-order valence-electron chi connectivity index (χ0n) is 10.3. The fraction of sp³-hybridized carbons (Fsp3) is 0.231. The smallest absolute Gasteiger partial charge is 0.339 e. The third-order valence-corrected chi connectivity index (χ3v) is 2.80. The van der Waals surface area contributed by atoms with Crippen molar-refractivity contribution < 1.29 is 14.6 Å². The van der Waals surface area contributed by atoms with Crippen LogP contribution in [-0.2, 0) is 6.54 Å². The average molecular weight is 246 g/mol. The van der Waals surface area contributed by atoms with Gasteiger partial charge < -0.3 is 9.84 Å². The van der Waals surface area contributed by atoms with E-state index in [4.69, 9.17) is 9.84 Å². The molecule has 0 aliphatic heterocycles. The van der Waals surface area contributed by atoms with Gasteiger partial charge in [-0.1, -0.05) is 12.1 Å². The molecule has 0 saturated heterocycles. The van der Waals surface area contributed by atoms with Crippen LogP contribution in [-0.4, -0.2) is 28.0 Å². The average Bonchev–Trinajstić information content (AvgIpc) is 2.71. The van der Waals surface area contributed by atoms with E-state index < -0.39 is 5.97 Å². The molecular weight excluding hydrogens is 232 g/mol. The molecule has 0 aliphatic rings. The second-order valence-corrected chi connectivity index (χ2v) is 3.96. The van der Waals surface area contributed by atoms with Crippen LogP contribution >= 0.6 is 0 Å². The highest BCUT2D eigenvalue weighted by atomic mass is 16.5. The summed E-state index contributed by atoms with van der Waals surface area (Å²) in [6.45, 7) is 2.27. The van der Waals surface area contributed by atoms with Crippen molar-refractivity contribution in [1.29, 1.82) is 0 Å². The lowest BCUT2D eigenvalue weighted by atomic mass is 10.2. The molecule has 0 spiro atoms. The Hall–Kier alpha value is -2.30. The molecule has 0 amide bonds. The molecule has 94 valence electrons. The fourth-order valence-electron chi connectivity index (χ4n) is 1.76. The zero-order valence-corrected chi connectivity index (χ0v) is 10.3. The Morgan fingerprint density at radius 3 is 2.89 bits per heavy atom. The van der Waals surface area contributed by atoms with Gasteiger partial charge in [0.1, 0.15) is 11.3 Å². The largest absolute Gasteiger partial charge is 0.497 e. The molecule has 5 nitrogen and oxygen atoms in total. The quantitative estimate of drug-likeness (QED) is 0.895. The second-order valence-electron chi connectivity index (χ2n) is 3.96. The Bertz CT molecular complexity index is 575. The summed E-state index contributed by atoms with van der Waals surface area (Å²) in [5, 5.41) is 13.0. The highest BCUT2D eigenvalue weighted by Crippen LogP contribution is 2.15. The summed E-state index contributed by atoms with van der Waals surface area (Å²) in [5.74, 6) is -0.180. The van der Waals surface area contributed by atoms with Gasteiger partial charge in [-0.05, 0) is 24.6 Å². The van der Waals surface area contributed by atoms with E-state index >= 15 is 0 Å². The first-order valence-electron chi connectivity index (χ1n) is 5.50. The Morgan fingerprint density at radius 1 is 1.50 bits per heavy atom. The summed E-state index contributed by atoms with van der Waals surface area (Å²) in [7, 11) is 1.61. The van der Waals surface area contributed by atoms with Crippen molar-refractivity contribution in [3.8, 4) is 5.75 Å². The van der Waals surface area contributed by atoms with Crippen molar-refractivity contribution >= 4 is 5.97 Å². The van der Waals surface area contributed by atoms with Crippen LogP contribution in [0.2, 0.25) is 0 Å². The first-order valence-corrected chi connectivity index (χ1v) is 5.50. The van der Waals surface area contributed by atoms with Crippen LogP contribution < -0.4 is 4.74 Å². The van der Waals surface area contributed by atoms with Crippen LogP contribution in [0.25, 0.3) is 0 Å². The molecular formula is C13H14N2O3. The lowest BCUT2D eigenvalue weighted by Gasteiger charge is -2.06. The number of nitrogens with zero attached hydrogens (tertiary/aromatic N) is 2. The first kappa shape index (κ1) is 12.2. The Morgan fingerprint density at radius 2 is 2.28 bits per heavy atom. The predicted molar refractivity (Wildman–Crippen MR) is 66.0 cm³/mol. The van der Waals surface area contributed by atoms with Gasteiger partial charge in [-0.2, -0.15) is 5.10 Å². The number of hydrogen-bond acceptors (Lipinski definition) is 3.